The monoisotopic (exact) mass is 748 g/mol. The van der Waals surface area contributed by atoms with Gasteiger partial charge in [-0.15, -0.1) is 10.6 Å². The standard InChI is InChI=1S/C39H36N2O8S2.Na.H/c1-39(2)31-24-25(40-38(43)49-37-28-14-5-3-12-26(28)27-13-4-6-15-29(27)37)20-21-32(31)41(22-11-23-50(44,45)46)35(39)19-10-9-18-34-36(42)30-16-7-8-17-33(30)51(34,47)48;;/h3-10,12-21,24,37,47-48H,11,22-23H2,1-2H3,(H,40,43)(H,44,45,46);;. The number of carbonyl (C=O) groups is 2. The minimum absolute atomic E-state index is 0. The molecule has 0 spiro atoms. The molecule has 0 aromatic heterocycles. The Bertz CT molecular complexity index is 2250. The number of rotatable bonds is 8. The van der Waals surface area contributed by atoms with Crippen molar-refractivity contribution in [3.8, 4) is 11.1 Å². The van der Waals surface area contributed by atoms with E-state index in [0.29, 0.717) is 5.69 Å². The van der Waals surface area contributed by atoms with Gasteiger partial charge in [0.2, 0.25) is 5.78 Å². The summed E-state index contributed by atoms with van der Waals surface area (Å²) < 4.78 is 60.2. The first-order valence-corrected chi connectivity index (χ1v) is 19.5. The zero-order chi connectivity index (χ0) is 36.1. The van der Waals surface area contributed by atoms with Crippen molar-refractivity contribution in [2.45, 2.75) is 36.7 Å². The summed E-state index contributed by atoms with van der Waals surface area (Å²) in [5.74, 6) is -0.864. The van der Waals surface area contributed by atoms with Crippen LogP contribution in [0.1, 0.15) is 53.4 Å². The second-order valence-corrected chi connectivity index (χ2v) is 16.6. The molecule has 0 radical (unpaired) electrons. The molecule has 0 unspecified atom stereocenters. The Morgan fingerprint density at radius 1 is 0.904 bits per heavy atom. The Kier molecular flexibility index (Phi) is 10.5. The molecule has 0 saturated carbocycles. The van der Waals surface area contributed by atoms with Gasteiger partial charge in [0.25, 0.3) is 10.1 Å². The van der Waals surface area contributed by atoms with E-state index in [2.05, 4.69) is 5.32 Å². The average molecular weight is 749 g/mol. The minimum atomic E-state index is -4.18. The van der Waals surface area contributed by atoms with Gasteiger partial charge < -0.3 is 9.64 Å². The topological polar surface area (TPSA) is 153 Å². The predicted molar refractivity (Wildman–Crippen MR) is 206 cm³/mol. The van der Waals surface area contributed by atoms with Gasteiger partial charge in [-0.1, -0.05) is 86.7 Å². The molecule has 3 aliphatic rings. The van der Waals surface area contributed by atoms with Gasteiger partial charge in [0, 0.05) is 45.7 Å². The second-order valence-electron chi connectivity index (χ2n) is 13.1. The zero-order valence-corrected chi connectivity index (χ0v) is 29.4. The van der Waals surface area contributed by atoms with E-state index >= 15 is 0 Å². The maximum atomic E-state index is 13.3. The SMILES string of the molecule is CC1(C)C(=CC=CC=C2C(=O)c3ccccc3S2(O)O)N(CCCS(=O)(=O)O)c2ccc(NC(=O)OC3c4ccccc4-c4ccccc43)cc21.[NaH]. The molecule has 0 bridgehead atoms. The van der Waals surface area contributed by atoms with Crippen LogP contribution in [0.25, 0.3) is 11.1 Å². The molecule has 0 atom stereocenters. The summed E-state index contributed by atoms with van der Waals surface area (Å²) in [6.45, 7) is 4.25. The fraction of sp³-hybridized carbons (Fsp3) is 0.179. The summed E-state index contributed by atoms with van der Waals surface area (Å²) in [5, 5.41) is 2.88. The molecule has 2 aliphatic heterocycles. The Hall–Kier alpha value is -3.98. The summed E-state index contributed by atoms with van der Waals surface area (Å²) in [6.07, 6.45) is 5.44. The van der Waals surface area contributed by atoms with E-state index in [1.54, 1.807) is 36.4 Å². The summed E-state index contributed by atoms with van der Waals surface area (Å²) in [6, 6.07) is 27.6. The molecule has 1 amide bonds. The fourth-order valence-electron chi connectivity index (χ4n) is 7.13. The number of hydrogen-bond donors (Lipinski definition) is 4. The van der Waals surface area contributed by atoms with E-state index in [1.165, 1.54) is 12.1 Å². The zero-order valence-electron chi connectivity index (χ0n) is 27.8. The summed E-state index contributed by atoms with van der Waals surface area (Å²) >= 11 is 0. The van der Waals surface area contributed by atoms with Crippen LogP contribution in [0.2, 0.25) is 0 Å². The van der Waals surface area contributed by atoms with Crippen LogP contribution in [0, 0.1) is 0 Å². The second kappa shape index (κ2) is 14.4. The van der Waals surface area contributed by atoms with Crippen LogP contribution in [0.5, 0.6) is 0 Å². The Morgan fingerprint density at radius 2 is 1.50 bits per heavy atom. The first-order valence-electron chi connectivity index (χ1n) is 16.3. The van der Waals surface area contributed by atoms with E-state index in [1.807, 2.05) is 85.5 Å². The van der Waals surface area contributed by atoms with Gasteiger partial charge in [0.15, 0.2) is 6.10 Å². The van der Waals surface area contributed by atoms with Crippen LogP contribution >= 0.6 is 10.6 Å². The van der Waals surface area contributed by atoms with Gasteiger partial charge in [-0.3, -0.25) is 23.8 Å². The van der Waals surface area contributed by atoms with Gasteiger partial charge in [-0.05, 0) is 65.6 Å². The fourth-order valence-corrected chi connectivity index (χ4v) is 9.24. The molecular formula is C39H37N2NaO8S2. The number of nitrogens with one attached hydrogen (secondary N) is 1. The number of carbonyl (C=O) groups excluding carboxylic acids is 2. The average Bonchev–Trinajstić information content (AvgIpc) is 3.59. The molecule has 0 saturated heterocycles. The quantitative estimate of drug-likeness (QED) is 0.0796. The third-order valence-corrected chi connectivity index (χ3v) is 12.2. The van der Waals surface area contributed by atoms with Crippen molar-refractivity contribution in [1.29, 1.82) is 0 Å². The number of fused-ring (bicyclic) bond motifs is 5. The van der Waals surface area contributed by atoms with Gasteiger partial charge in [-0.2, -0.15) is 8.42 Å². The first-order chi connectivity index (χ1) is 24.3. The molecule has 1 aliphatic carbocycles. The van der Waals surface area contributed by atoms with Crippen molar-refractivity contribution in [3.63, 3.8) is 0 Å². The number of ketones is 1. The predicted octanol–water partition coefficient (Wildman–Crippen LogP) is 8.06. The summed E-state index contributed by atoms with van der Waals surface area (Å²) in [4.78, 5) is 28.3. The van der Waals surface area contributed by atoms with Crippen LogP contribution in [0.3, 0.4) is 0 Å². The molecule has 7 rings (SSSR count). The van der Waals surface area contributed by atoms with E-state index in [0.717, 1.165) is 39.2 Å². The molecular weight excluding hydrogens is 712 g/mol. The normalized spacial score (nSPS) is 18.9. The molecule has 4 aromatic carbocycles. The van der Waals surface area contributed by atoms with Crippen LogP contribution in [-0.4, -0.2) is 75.8 Å². The van der Waals surface area contributed by atoms with Crippen molar-refractivity contribution in [2.75, 3.05) is 22.5 Å². The molecule has 2 heterocycles. The third-order valence-electron chi connectivity index (χ3n) is 9.51. The number of anilines is 2. The van der Waals surface area contributed by atoms with Crippen molar-refractivity contribution in [2.24, 2.45) is 0 Å². The molecule has 52 heavy (non-hydrogen) atoms. The number of amides is 1. The number of allylic oxidation sites excluding steroid dienone is 6. The van der Waals surface area contributed by atoms with E-state index < -0.39 is 49.9 Å². The maximum absolute atomic E-state index is 13.3. The molecule has 264 valence electrons. The van der Waals surface area contributed by atoms with Crippen molar-refractivity contribution >= 4 is 73.5 Å². The van der Waals surface area contributed by atoms with Crippen LogP contribution in [-0.2, 0) is 20.3 Å². The molecule has 0 fully saturated rings. The number of ether oxygens (including phenoxy) is 1. The third kappa shape index (κ3) is 6.93. The van der Waals surface area contributed by atoms with Crippen LogP contribution in [0.15, 0.2) is 131 Å². The Labute approximate surface area is 326 Å². The molecule has 13 heteroatoms. The molecule has 4 N–H and O–H groups in total. The number of Topliss-reactive ketones (excluding diaryl/α,β-unsaturated/α-hetero) is 1. The van der Waals surface area contributed by atoms with Gasteiger partial charge >= 0.3 is 35.7 Å². The van der Waals surface area contributed by atoms with Gasteiger partial charge in [0.1, 0.15) is 4.91 Å². The van der Waals surface area contributed by atoms with Crippen molar-refractivity contribution in [1.82, 2.24) is 0 Å². The van der Waals surface area contributed by atoms with Crippen molar-refractivity contribution < 1.29 is 36.4 Å². The number of nitrogens with zero attached hydrogens (tertiary/aromatic N) is 1. The van der Waals surface area contributed by atoms with Crippen molar-refractivity contribution in [3.05, 3.63) is 148 Å². The van der Waals surface area contributed by atoms with Gasteiger partial charge in [0.05, 0.1) is 10.6 Å². The van der Waals surface area contributed by atoms with E-state index in [9.17, 15) is 31.7 Å². The molecule has 4 aromatic rings. The van der Waals surface area contributed by atoms with Crippen LogP contribution in [0.4, 0.5) is 16.2 Å². The number of benzene rings is 4. The first kappa shape index (κ1) is 37.8. The summed E-state index contributed by atoms with van der Waals surface area (Å²) in [5.41, 5.74) is 6.44. The van der Waals surface area contributed by atoms with Gasteiger partial charge in [-0.25, -0.2) is 4.79 Å². The van der Waals surface area contributed by atoms with E-state index in [-0.39, 0.29) is 57.9 Å². The Morgan fingerprint density at radius 3 is 2.13 bits per heavy atom. The summed E-state index contributed by atoms with van der Waals surface area (Å²) in [7, 11) is -7.63. The Balaban J connectivity index is 0.00000464. The number of hydrogen-bond acceptors (Lipinski definition) is 8. The molecule has 10 nitrogen and oxygen atoms in total. The van der Waals surface area contributed by atoms with E-state index in [4.69, 9.17) is 4.74 Å². The van der Waals surface area contributed by atoms with Crippen LogP contribution < -0.4 is 10.2 Å².